The number of rotatable bonds is 7. The number of amides is 1. The summed E-state index contributed by atoms with van der Waals surface area (Å²) in [5.74, 6) is 0.0762. The predicted molar refractivity (Wildman–Crippen MR) is 129 cm³/mol. The summed E-state index contributed by atoms with van der Waals surface area (Å²) in [5.41, 5.74) is 4.61. The van der Waals surface area contributed by atoms with Crippen LogP contribution in [0.5, 0.6) is 0 Å². The molecular weight excluding hydrogens is 406 g/mol. The summed E-state index contributed by atoms with van der Waals surface area (Å²) < 4.78 is 0. The Morgan fingerprint density at radius 3 is 2.13 bits per heavy atom. The Morgan fingerprint density at radius 1 is 0.806 bits per heavy atom. The summed E-state index contributed by atoms with van der Waals surface area (Å²) >= 11 is 5.98. The first-order chi connectivity index (χ1) is 15.2. The fourth-order valence-corrected chi connectivity index (χ4v) is 4.05. The fraction of sp³-hybridized carbons (Fsp3) is 0.269. The fourth-order valence-electron chi connectivity index (χ4n) is 3.93. The molecule has 0 aliphatic carbocycles. The SMILES string of the molecule is O=C(Cc1ccc(-c2ccccc2)cc1)NCCN1CCN(c2ccc(Cl)cc2)CC1. The molecule has 1 N–H and O–H groups in total. The van der Waals surface area contributed by atoms with Gasteiger partial charge in [-0.2, -0.15) is 0 Å². The first kappa shape index (κ1) is 21.4. The molecule has 1 aliphatic rings. The van der Waals surface area contributed by atoms with Crippen LogP contribution in [-0.4, -0.2) is 50.1 Å². The molecule has 31 heavy (non-hydrogen) atoms. The zero-order chi connectivity index (χ0) is 21.5. The highest BCUT2D eigenvalue weighted by atomic mass is 35.5. The molecule has 3 aromatic rings. The molecule has 1 aliphatic heterocycles. The van der Waals surface area contributed by atoms with Crippen LogP contribution >= 0.6 is 11.6 Å². The molecule has 0 saturated carbocycles. The van der Waals surface area contributed by atoms with Gasteiger partial charge in [0, 0.05) is 50.0 Å². The van der Waals surface area contributed by atoms with Crippen molar-refractivity contribution in [2.24, 2.45) is 0 Å². The van der Waals surface area contributed by atoms with Gasteiger partial charge in [-0.05, 0) is 41.0 Å². The van der Waals surface area contributed by atoms with E-state index in [1.165, 1.54) is 16.8 Å². The van der Waals surface area contributed by atoms with Crippen molar-refractivity contribution in [3.63, 3.8) is 0 Å². The van der Waals surface area contributed by atoms with Crippen LogP contribution in [0.25, 0.3) is 11.1 Å². The Morgan fingerprint density at radius 2 is 1.45 bits per heavy atom. The van der Waals surface area contributed by atoms with Gasteiger partial charge in [0.05, 0.1) is 6.42 Å². The number of carbonyl (C=O) groups is 1. The molecule has 0 atom stereocenters. The van der Waals surface area contributed by atoms with Gasteiger partial charge in [0.2, 0.25) is 5.91 Å². The lowest BCUT2D eigenvalue weighted by atomic mass is 10.0. The quantitative estimate of drug-likeness (QED) is 0.596. The van der Waals surface area contributed by atoms with Crippen molar-refractivity contribution < 1.29 is 4.79 Å². The molecular formula is C26H28ClN3O. The van der Waals surface area contributed by atoms with Crippen molar-refractivity contribution in [1.82, 2.24) is 10.2 Å². The van der Waals surface area contributed by atoms with Crippen molar-refractivity contribution >= 4 is 23.2 Å². The maximum atomic E-state index is 12.3. The molecule has 1 heterocycles. The lowest BCUT2D eigenvalue weighted by Crippen LogP contribution is -2.48. The van der Waals surface area contributed by atoms with E-state index in [0.29, 0.717) is 13.0 Å². The Labute approximate surface area is 189 Å². The van der Waals surface area contributed by atoms with Gasteiger partial charge in [0.25, 0.3) is 0 Å². The van der Waals surface area contributed by atoms with E-state index in [2.05, 4.69) is 51.5 Å². The van der Waals surface area contributed by atoms with E-state index in [-0.39, 0.29) is 5.91 Å². The van der Waals surface area contributed by atoms with E-state index in [1.54, 1.807) is 0 Å². The second-order valence-corrected chi connectivity index (χ2v) is 8.33. The van der Waals surface area contributed by atoms with Gasteiger partial charge < -0.3 is 10.2 Å². The molecule has 1 fully saturated rings. The highest BCUT2D eigenvalue weighted by Crippen LogP contribution is 2.20. The number of nitrogens with zero attached hydrogens (tertiary/aromatic N) is 2. The van der Waals surface area contributed by atoms with Crippen LogP contribution in [0.2, 0.25) is 5.02 Å². The minimum atomic E-state index is 0.0762. The van der Waals surface area contributed by atoms with Crippen molar-refractivity contribution in [3.8, 4) is 11.1 Å². The Hall–Kier alpha value is -2.82. The molecule has 0 unspecified atom stereocenters. The summed E-state index contributed by atoms with van der Waals surface area (Å²) in [7, 11) is 0. The molecule has 0 radical (unpaired) electrons. The normalized spacial score (nSPS) is 14.4. The van der Waals surface area contributed by atoms with E-state index in [4.69, 9.17) is 11.6 Å². The van der Waals surface area contributed by atoms with Crippen molar-refractivity contribution in [3.05, 3.63) is 89.4 Å². The number of hydrogen-bond donors (Lipinski definition) is 1. The average Bonchev–Trinajstić information content (AvgIpc) is 2.81. The third-order valence-electron chi connectivity index (χ3n) is 5.74. The largest absolute Gasteiger partial charge is 0.369 e. The van der Waals surface area contributed by atoms with Gasteiger partial charge in [-0.15, -0.1) is 0 Å². The maximum Gasteiger partial charge on any atom is 0.224 e. The van der Waals surface area contributed by atoms with Gasteiger partial charge in [0.1, 0.15) is 0 Å². The number of piperazine rings is 1. The molecule has 1 amide bonds. The zero-order valence-electron chi connectivity index (χ0n) is 17.6. The number of nitrogens with one attached hydrogen (secondary N) is 1. The smallest absolute Gasteiger partial charge is 0.224 e. The average molecular weight is 434 g/mol. The predicted octanol–water partition coefficient (Wildman–Crippen LogP) is 4.49. The number of carbonyl (C=O) groups excluding carboxylic acids is 1. The topological polar surface area (TPSA) is 35.6 Å². The summed E-state index contributed by atoms with van der Waals surface area (Å²) in [6.45, 7) is 5.54. The summed E-state index contributed by atoms with van der Waals surface area (Å²) in [4.78, 5) is 17.1. The third kappa shape index (κ3) is 6.09. The van der Waals surface area contributed by atoms with E-state index >= 15 is 0 Å². The highest BCUT2D eigenvalue weighted by Gasteiger charge is 2.17. The summed E-state index contributed by atoms with van der Waals surface area (Å²) in [5, 5.41) is 3.83. The van der Waals surface area contributed by atoms with E-state index in [9.17, 15) is 4.79 Å². The van der Waals surface area contributed by atoms with Crippen molar-refractivity contribution in [2.75, 3.05) is 44.2 Å². The van der Waals surface area contributed by atoms with Gasteiger partial charge >= 0.3 is 0 Å². The number of hydrogen-bond acceptors (Lipinski definition) is 3. The Bertz CT molecular complexity index is 966. The molecule has 0 bridgehead atoms. The minimum Gasteiger partial charge on any atom is -0.369 e. The molecule has 1 saturated heterocycles. The number of halogens is 1. The van der Waals surface area contributed by atoms with Gasteiger partial charge in [0.15, 0.2) is 0 Å². The maximum absolute atomic E-state index is 12.3. The molecule has 160 valence electrons. The van der Waals surface area contributed by atoms with Crippen LogP contribution < -0.4 is 10.2 Å². The van der Waals surface area contributed by atoms with Crippen molar-refractivity contribution in [1.29, 1.82) is 0 Å². The van der Waals surface area contributed by atoms with Gasteiger partial charge in [-0.3, -0.25) is 9.69 Å². The number of anilines is 1. The Kier molecular flexibility index (Phi) is 7.23. The molecule has 5 heteroatoms. The summed E-state index contributed by atoms with van der Waals surface area (Å²) in [6.07, 6.45) is 0.416. The first-order valence-electron chi connectivity index (χ1n) is 10.8. The lowest BCUT2D eigenvalue weighted by molar-refractivity contribution is -0.120. The van der Waals surface area contributed by atoms with E-state index in [1.807, 2.05) is 42.5 Å². The molecule has 4 nitrogen and oxygen atoms in total. The van der Waals surface area contributed by atoms with Gasteiger partial charge in [-0.25, -0.2) is 0 Å². The van der Waals surface area contributed by atoms with Crippen LogP contribution in [0.4, 0.5) is 5.69 Å². The molecule has 4 rings (SSSR count). The minimum absolute atomic E-state index is 0.0762. The van der Waals surface area contributed by atoms with Crippen molar-refractivity contribution in [2.45, 2.75) is 6.42 Å². The van der Waals surface area contributed by atoms with Crippen LogP contribution in [-0.2, 0) is 11.2 Å². The lowest BCUT2D eigenvalue weighted by Gasteiger charge is -2.36. The second kappa shape index (κ2) is 10.5. The standard InChI is InChI=1S/C26H28ClN3O/c27-24-10-12-25(13-11-24)30-18-16-29(17-19-30)15-14-28-26(31)20-21-6-8-23(9-7-21)22-4-2-1-3-5-22/h1-13H,14-20H2,(H,28,31). The van der Waals surface area contributed by atoms with Crippen LogP contribution in [0.1, 0.15) is 5.56 Å². The first-order valence-corrected chi connectivity index (χ1v) is 11.2. The summed E-state index contributed by atoms with van der Waals surface area (Å²) in [6, 6.07) is 26.5. The van der Waals surface area contributed by atoms with Crippen LogP contribution in [0.3, 0.4) is 0 Å². The number of benzene rings is 3. The zero-order valence-corrected chi connectivity index (χ0v) is 18.4. The monoisotopic (exact) mass is 433 g/mol. The highest BCUT2D eigenvalue weighted by molar-refractivity contribution is 6.30. The van der Waals surface area contributed by atoms with Crippen LogP contribution in [0, 0.1) is 0 Å². The van der Waals surface area contributed by atoms with E-state index < -0.39 is 0 Å². The van der Waals surface area contributed by atoms with Gasteiger partial charge in [-0.1, -0.05) is 66.2 Å². The molecule has 3 aromatic carbocycles. The van der Waals surface area contributed by atoms with Crippen LogP contribution in [0.15, 0.2) is 78.9 Å². The molecule has 0 spiro atoms. The second-order valence-electron chi connectivity index (χ2n) is 7.89. The third-order valence-corrected chi connectivity index (χ3v) is 5.99. The molecule has 0 aromatic heterocycles. The Balaban J connectivity index is 1.17. The van der Waals surface area contributed by atoms with E-state index in [0.717, 1.165) is 43.3 Å².